The zero-order chi connectivity index (χ0) is 12.2. The molecule has 3 nitrogen and oxygen atoms in total. The molecule has 0 fully saturated rings. The molecule has 1 aromatic rings. The van der Waals surface area contributed by atoms with E-state index in [2.05, 4.69) is 4.40 Å². The quantitative estimate of drug-likeness (QED) is 0.760. The van der Waals surface area contributed by atoms with E-state index in [1.165, 1.54) is 0 Å². The number of allylic oxidation sites excluding steroid dienone is 1. The van der Waals surface area contributed by atoms with Gasteiger partial charge in [-0.3, -0.25) is 0 Å². The van der Waals surface area contributed by atoms with E-state index in [0.29, 0.717) is 0 Å². The first-order valence-electron chi connectivity index (χ1n) is 5.07. The van der Waals surface area contributed by atoms with Crippen molar-refractivity contribution in [3.8, 4) is 0 Å². The van der Waals surface area contributed by atoms with Crippen LogP contribution in [0, 0.1) is 0 Å². The van der Waals surface area contributed by atoms with Gasteiger partial charge in [0.05, 0.1) is 11.0 Å². The second-order valence-corrected chi connectivity index (χ2v) is 6.43. The molecule has 0 amide bonds. The third-order valence-electron chi connectivity index (χ3n) is 1.79. The summed E-state index contributed by atoms with van der Waals surface area (Å²) in [6.45, 7) is 7.58. The van der Waals surface area contributed by atoms with Gasteiger partial charge in [-0.15, -0.1) is 0 Å². The summed E-state index contributed by atoms with van der Waals surface area (Å²) in [6, 6.07) is 3.68. The van der Waals surface area contributed by atoms with Crippen LogP contribution in [0.3, 0.4) is 0 Å². The van der Waals surface area contributed by atoms with Crippen molar-refractivity contribution < 1.29 is 8.63 Å². The van der Waals surface area contributed by atoms with Crippen molar-refractivity contribution in [3.63, 3.8) is 0 Å². The second-order valence-electron chi connectivity index (χ2n) is 4.50. The second kappa shape index (κ2) is 5.25. The smallest absolute Gasteiger partial charge is 0.144 e. The fourth-order valence-corrected chi connectivity index (χ4v) is 1.50. The Morgan fingerprint density at radius 2 is 2.19 bits per heavy atom. The van der Waals surface area contributed by atoms with Gasteiger partial charge in [0.15, 0.2) is 0 Å². The average Bonchev–Trinajstić information content (AvgIpc) is 2.65. The molecule has 16 heavy (non-hydrogen) atoms. The third-order valence-corrected chi connectivity index (χ3v) is 3.13. The van der Waals surface area contributed by atoms with Crippen LogP contribution >= 0.6 is 0 Å². The summed E-state index contributed by atoms with van der Waals surface area (Å²) in [4.78, 5) is 0. The highest BCUT2D eigenvalue weighted by molar-refractivity contribution is 7.85. The molecule has 1 heterocycles. The lowest BCUT2D eigenvalue weighted by molar-refractivity contribution is 0.557. The average molecular weight is 239 g/mol. The summed E-state index contributed by atoms with van der Waals surface area (Å²) in [5.41, 5.74) is 0.910. The Balaban J connectivity index is 2.68. The summed E-state index contributed by atoms with van der Waals surface area (Å²) in [5, 5.41) is 0. The van der Waals surface area contributed by atoms with E-state index >= 15 is 0 Å². The van der Waals surface area contributed by atoms with E-state index in [4.69, 9.17) is 4.42 Å². The van der Waals surface area contributed by atoms with Crippen molar-refractivity contribution in [2.24, 2.45) is 4.40 Å². The molecule has 1 unspecified atom stereocenters. The Bertz CT molecular complexity index is 411. The Kier molecular flexibility index (Phi) is 4.24. The van der Waals surface area contributed by atoms with Crippen LogP contribution in [0.5, 0.6) is 0 Å². The van der Waals surface area contributed by atoms with Crippen molar-refractivity contribution >= 4 is 23.3 Å². The zero-order valence-corrected chi connectivity index (χ0v) is 10.9. The minimum Gasteiger partial charge on any atom is -0.465 e. The van der Waals surface area contributed by atoms with Gasteiger partial charge >= 0.3 is 0 Å². The minimum absolute atomic E-state index is 0.318. The van der Waals surface area contributed by atoms with Crippen molar-refractivity contribution in [1.29, 1.82) is 0 Å². The molecule has 1 rings (SSSR count). The van der Waals surface area contributed by atoms with Gasteiger partial charge in [-0.1, -0.05) is 0 Å². The fraction of sp³-hybridized carbons (Fsp3) is 0.417. The van der Waals surface area contributed by atoms with E-state index in [-0.39, 0.29) is 4.75 Å². The van der Waals surface area contributed by atoms with Crippen molar-refractivity contribution in [1.82, 2.24) is 0 Å². The maximum atomic E-state index is 11.6. The highest BCUT2D eigenvalue weighted by Gasteiger charge is 2.17. The first-order valence-corrected chi connectivity index (χ1v) is 6.18. The summed E-state index contributed by atoms with van der Waals surface area (Å²) < 4.78 is 20.5. The Hall–Kier alpha value is -1.16. The van der Waals surface area contributed by atoms with E-state index in [1.807, 2.05) is 45.9 Å². The number of hydrogen-bond donors (Lipinski definition) is 0. The molecule has 88 valence electrons. The largest absolute Gasteiger partial charge is 0.465 e. The number of rotatable bonds is 3. The van der Waals surface area contributed by atoms with Crippen LogP contribution in [0.4, 0.5) is 0 Å². The van der Waals surface area contributed by atoms with Gasteiger partial charge in [-0.25, -0.2) is 4.21 Å². The number of nitrogens with zero attached hydrogens (tertiary/aromatic N) is 1. The summed E-state index contributed by atoms with van der Waals surface area (Å²) in [6.07, 6.45) is 5.08. The molecular formula is C12H17NO2S. The molecule has 4 heteroatoms. The lowest BCUT2D eigenvalue weighted by atomic mass is 10.3. The minimum atomic E-state index is -1.21. The molecule has 0 spiro atoms. The predicted octanol–water partition coefficient (Wildman–Crippen LogP) is 3.22. The molecule has 0 radical (unpaired) electrons. The third kappa shape index (κ3) is 4.14. The van der Waals surface area contributed by atoms with Gasteiger partial charge in [-0.05, 0) is 51.5 Å². The van der Waals surface area contributed by atoms with Crippen molar-refractivity contribution in [2.45, 2.75) is 32.4 Å². The van der Waals surface area contributed by atoms with Crippen molar-refractivity contribution in [3.05, 3.63) is 29.7 Å². The predicted molar refractivity (Wildman–Crippen MR) is 68.7 cm³/mol. The zero-order valence-electron chi connectivity index (χ0n) is 10.1. The molecule has 0 bridgehead atoms. The standard InChI is InChI=1S/C12H17NO2S/c1-10(8-11-6-5-7-15-11)9-13-16(14)12(2,3)4/h5-9H,1-4H3/b10-8+,13-9+. The van der Waals surface area contributed by atoms with Gasteiger partial charge in [0.1, 0.15) is 16.7 Å². The fourth-order valence-electron chi connectivity index (χ4n) is 0.924. The molecule has 0 N–H and O–H groups in total. The normalized spacial score (nSPS) is 15.6. The van der Waals surface area contributed by atoms with Gasteiger partial charge in [-0.2, -0.15) is 4.40 Å². The molecule has 0 saturated heterocycles. The maximum absolute atomic E-state index is 11.6. The first kappa shape index (κ1) is 12.9. The summed E-state index contributed by atoms with van der Waals surface area (Å²) >= 11 is 0. The van der Waals surface area contributed by atoms with Gasteiger partial charge < -0.3 is 4.42 Å². The molecule has 0 aliphatic carbocycles. The van der Waals surface area contributed by atoms with Gasteiger partial charge in [0.25, 0.3) is 0 Å². The van der Waals surface area contributed by atoms with Crippen LogP contribution < -0.4 is 0 Å². The highest BCUT2D eigenvalue weighted by atomic mass is 32.2. The lowest BCUT2D eigenvalue weighted by Gasteiger charge is -2.12. The van der Waals surface area contributed by atoms with E-state index in [9.17, 15) is 4.21 Å². The number of furan rings is 1. The van der Waals surface area contributed by atoms with E-state index < -0.39 is 11.0 Å². The monoisotopic (exact) mass is 239 g/mol. The SMILES string of the molecule is CC(/C=N/S(=O)C(C)(C)C)=C\c1ccco1. The maximum Gasteiger partial charge on any atom is 0.144 e. The van der Waals surface area contributed by atoms with Gasteiger partial charge in [0.2, 0.25) is 0 Å². The van der Waals surface area contributed by atoms with Crippen LogP contribution in [0.15, 0.2) is 32.8 Å². The summed E-state index contributed by atoms with van der Waals surface area (Å²) in [5.74, 6) is 0.769. The summed E-state index contributed by atoms with van der Waals surface area (Å²) in [7, 11) is -1.21. The molecule has 0 aliphatic heterocycles. The Labute approximate surface area is 98.9 Å². The molecule has 1 atom stereocenters. The molecule has 1 aromatic heterocycles. The van der Waals surface area contributed by atoms with Crippen molar-refractivity contribution in [2.75, 3.05) is 0 Å². The van der Waals surface area contributed by atoms with Crippen LogP contribution in [0.2, 0.25) is 0 Å². The topological polar surface area (TPSA) is 42.6 Å². The van der Waals surface area contributed by atoms with Gasteiger partial charge in [0, 0.05) is 6.21 Å². The molecule has 0 aliphatic rings. The Morgan fingerprint density at radius 1 is 1.50 bits per heavy atom. The highest BCUT2D eigenvalue weighted by Crippen LogP contribution is 2.12. The molecule has 0 aromatic carbocycles. The van der Waals surface area contributed by atoms with Crippen LogP contribution in [-0.2, 0) is 11.0 Å². The van der Waals surface area contributed by atoms with E-state index in [1.54, 1.807) is 12.5 Å². The Morgan fingerprint density at radius 3 is 2.69 bits per heavy atom. The van der Waals surface area contributed by atoms with Crippen LogP contribution in [-0.4, -0.2) is 15.2 Å². The number of hydrogen-bond acceptors (Lipinski definition) is 2. The molecule has 0 saturated carbocycles. The van der Waals surface area contributed by atoms with E-state index in [0.717, 1.165) is 11.3 Å². The lowest BCUT2D eigenvalue weighted by Crippen LogP contribution is -2.19. The first-order chi connectivity index (χ1) is 7.39. The van der Waals surface area contributed by atoms with Crippen LogP contribution in [0.1, 0.15) is 33.5 Å². The molecular weight excluding hydrogens is 222 g/mol. The van der Waals surface area contributed by atoms with Crippen LogP contribution in [0.25, 0.3) is 6.08 Å².